The highest BCUT2D eigenvalue weighted by Gasteiger charge is 2.30. The summed E-state index contributed by atoms with van der Waals surface area (Å²) in [6, 6.07) is 0. The number of halogens is 3. The van der Waals surface area contributed by atoms with Gasteiger partial charge in [-0.05, 0) is 12.8 Å². The number of unbranched alkanes of at least 4 members (excludes halogenated alkanes) is 4. The van der Waals surface area contributed by atoms with Gasteiger partial charge in [0, 0.05) is 0 Å². The Balaban J connectivity index is 3.88. The summed E-state index contributed by atoms with van der Waals surface area (Å²) in [6.07, 6.45) is 1.13. The molecule has 102 valence electrons. The zero-order chi connectivity index (χ0) is 13.4. The normalized spacial score (nSPS) is 13.4. The molecule has 0 radical (unpaired) electrons. The molecule has 0 aliphatic heterocycles. The lowest BCUT2D eigenvalue weighted by atomic mass is 10.2. The van der Waals surface area contributed by atoms with Gasteiger partial charge in [-0.3, -0.25) is 4.18 Å². The molecule has 0 aromatic rings. The monoisotopic (exact) mass is 274 g/mol. The van der Waals surface area contributed by atoms with E-state index in [-0.39, 0.29) is 0 Å². The van der Waals surface area contributed by atoms with Crippen LogP contribution in [0.1, 0.15) is 39.0 Å². The van der Waals surface area contributed by atoms with Gasteiger partial charge in [0.05, 0.1) is 5.41 Å². The second kappa shape index (κ2) is 7.71. The van der Waals surface area contributed by atoms with Crippen molar-refractivity contribution in [3.63, 3.8) is 0 Å². The molecular formula is C10H17F3O3S. The van der Waals surface area contributed by atoms with E-state index in [1.807, 2.05) is 6.92 Å². The second-order valence-electron chi connectivity index (χ2n) is 3.59. The molecule has 0 aromatic carbocycles. The van der Waals surface area contributed by atoms with Gasteiger partial charge in [-0.2, -0.15) is 21.6 Å². The Morgan fingerprint density at radius 3 is 2.35 bits per heavy atom. The van der Waals surface area contributed by atoms with Gasteiger partial charge in [0.25, 0.3) is 10.1 Å². The van der Waals surface area contributed by atoms with Crippen molar-refractivity contribution < 1.29 is 25.8 Å². The van der Waals surface area contributed by atoms with Crippen molar-refractivity contribution in [2.24, 2.45) is 0 Å². The first-order chi connectivity index (χ1) is 7.77. The lowest BCUT2D eigenvalue weighted by Gasteiger charge is -2.05. The zero-order valence-electron chi connectivity index (χ0n) is 9.66. The summed E-state index contributed by atoms with van der Waals surface area (Å²) < 4.78 is 60.8. The highest BCUT2D eigenvalue weighted by Crippen LogP contribution is 2.16. The fourth-order valence-corrected chi connectivity index (χ4v) is 1.81. The van der Waals surface area contributed by atoms with Gasteiger partial charge >= 0.3 is 6.18 Å². The fourth-order valence-electron chi connectivity index (χ4n) is 1.06. The van der Waals surface area contributed by atoms with Crippen LogP contribution in [0, 0.1) is 0 Å². The molecule has 0 rings (SSSR count). The molecule has 0 saturated heterocycles. The van der Waals surface area contributed by atoms with Crippen LogP contribution in [0.3, 0.4) is 0 Å². The third kappa shape index (κ3) is 11.7. The predicted octanol–water partition coefficient (Wildman–Crippen LogP) is 3.38. The van der Waals surface area contributed by atoms with E-state index in [2.05, 4.69) is 4.18 Å². The smallest absolute Gasteiger partial charge is 0.257 e. The molecule has 0 fully saturated rings. The third-order valence-electron chi connectivity index (χ3n) is 1.87. The van der Waals surface area contributed by atoms with Gasteiger partial charge < -0.3 is 0 Å². The zero-order valence-corrected chi connectivity index (χ0v) is 10.5. The van der Waals surface area contributed by atoms with Crippen LogP contribution in [-0.4, -0.2) is 21.2 Å². The highest BCUT2D eigenvalue weighted by atomic mass is 32.2. The summed E-state index contributed by atoms with van der Waals surface area (Å²) in [5, 5.41) is 0.685. The molecule has 0 amide bonds. The average molecular weight is 274 g/mol. The van der Waals surface area contributed by atoms with Crippen LogP contribution in [0.25, 0.3) is 0 Å². The van der Waals surface area contributed by atoms with Gasteiger partial charge in [-0.25, -0.2) is 0 Å². The average Bonchev–Trinajstić information content (AvgIpc) is 2.20. The van der Waals surface area contributed by atoms with Crippen LogP contribution in [0.2, 0.25) is 0 Å². The quantitative estimate of drug-likeness (QED) is 0.503. The number of hydrogen-bond acceptors (Lipinski definition) is 3. The Kier molecular flexibility index (Phi) is 7.45. The lowest BCUT2D eigenvalue weighted by Crippen LogP contribution is -2.19. The maximum absolute atomic E-state index is 11.7. The van der Waals surface area contributed by atoms with E-state index < -0.39 is 22.9 Å². The lowest BCUT2D eigenvalue weighted by molar-refractivity contribution is -0.152. The summed E-state index contributed by atoms with van der Waals surface area (Å²) in [7, 11) is -4.21. The molecule has 0 saturated carbocycles. The van der Waals surface area contributed by atoms with Crippen LogP contribution in [-0.2, 0) is 14.3 Å². The Bertz CT molecular complexity index is 320. The van der Waals surface area contributed by atoms with Crippen LogP contribution in [0.4, 0.5) is 13.2 Å². The molecule has 0 aliphatic rings. The van der Waals surface area contributed by atoms with Crippen LogP contribution < -0.4 is 0 Å². The number of alkyl halides is 3. The number of hydrogen-bond donors (Lipinski definition) is 0. The molecule has 0 spiro atoms. The van der Waals surface area contributed by atoms with E-state index in [4.69, 9.17) is 0 Å². The molecule has 0 N–H and O–H groups in total. The van der Waals surface area contributed by atoms with Crippen molar-refractivity contribution in [1.82, 2.24) is 0 Å². The van der Waals surface area contributed by atoms with Crippen molar-refractivity contribution in [2.45, 2.75) is 45.2 Å². The summed E-state index contributed by atoms with van der Waals surface area (Å²) in [5.74, 6) is 0. The molecule has 0 heterocycles. The minimum atomic E-state index is -4.64. The van der Waals surface area contributed by atoms with E-state index in [0.717, 1.165) is 25.7 Å². The van der Waals surface area contributed by atoms with Gasteiger partial charge in [0.15, 0.2) is 6.61 Å². The molecule has 7 heteroatoms. The van der Waals surface area contributed by atoms with Crippen molar-refractivity contribution in [3.8, 4) is 0 Å². The SMILES string of the molecule is CCCCCC/C=C/S(=O)(=O)OCC(F)(F)F. The predicted molar refractivity (Wildman–Crippen MR) is 58.8 cm³/mol. The van der Waals surface area contributed by atoms with Crippen molar-refractivity contribution in [3.05, 3.63) is 11.5 Å². The van der Waals surface area contributed by atoms with E-state index in [1.54, 1.807) is 0 Å². The van der Waals surface area contributed by atoms with Gasteiger partial charge in [-0.15, -0.1) is 0 Å². The van der Waals surface area contributed by atoms with Gasteiger partial charge in [0.2, 0.25) is 0 Å². The minimum Gasteiger partial charge on any atom is -0.257 e. The molecule has 0 atom stereocenters. The first-order valence-electron chi connectivity index (χ1n) is 5.39. The van der Waals surface area contributed by atoms with E-state index in [9.17, 15) is 21.6 Å². The first-order valence-corrected chi connectivity index (χ1v) is 6.86. The van der Waals surface area contributed by atoms with E-state index in [0.29, 0.717) is 11.8 Å². The van der Waals surface area contributed by atoms with Gasteiger partial charge in [0.1, 0.15) is 0 Å². The Morgan fingerprint density at radius 1 is 1.18 bits per heavy atom. The number of rotatable bonds is 8. The first kappa shape index (κ1) is 16.4. The van der Waals surface area contributed by atoms with Gasteiger partial charge in [-0.1, -0.05) is 32.3 Å². The van der Waals surface area contributed by atoms with E-state index in [1.165, 1.54) is 6.08 Å². The van der Waals surface area contributed by atoms with Crippen LogP contribution in [0.5, 0.6) is 0 Å². The van der Waals surface area contributed by atoms with E-state index >= 15 is 0 Å². The molecule has 0 unspecified atom stereocenters. The topological polar surface area (TPSA) is 43.4 Å². The maximum Gasteiger partial charge on any atom is 0.413 e. The van der Waals surface area contributed by atoms with Crippen LogP contribution >= 0.6 is 0 Å². The molecule has 0 aliphatic carbocycles. The molecular weight excluding hydrogens is 257 g/mol. The number of allylic oxidation sites excluding steroid dienone is 1. The molecule has 3 nitrogen and oxygen atoms in total. The summed E-state index contributed by atoms with van der Waals surface area (Å²) in [5.41, 5.74) is 0. The highest BCUT2D eigenvalue weighted by molar-refractivity contribution is 7.89. The van der Waals surface area contributed by atoms with Crippen molar-refractivity contribution >= 4 is 10.1 Å². The summed E-state index contributed by atoms with van der Waals surface area (Å²) >= 11 is 0. The third-order valence-corrected chi connectivity index (χ3v) is 2.85. The minimum absolute atomic E-state index is 0.522. The Hall–Kier alpha value is -0.560. The molecule has 0 aromatic heterocycles. The standard InChI is InChI=1S/C10H17F3O3S/c1-2-3-4-5-6-7-8-17(14,15)16-9-10(11,12)13/h7-8H,2-6,9H2,1H3/b8-7+. The largest absolute Gasteiger partial charge is 0.413 e. The maximum atomic E-state index is 11.7. The molecule has 0 bridgehead atoms. The van der Waals surface area contributed by atoms with Crippen LogP contribution in [0.15, 0.2) is 11.5 Å². The fraction of sp³-hybridized carbons (Fsp3) is 0.800. The van der Waals surface area contributed by atoms with Crippen molar-refractivity contribution in [1.29, 1.82) is 0 Å². The summed E-state index contributed by atoms with van der Waals surface area (Å²) in [6.45, 7) is 0.265. The molecule has 17 heavy (non-hydrogen) atoms. The van der Waals surface area contributed by atoms with Crippen molar-refractivity contribution in [2.75, 3.05) is 6.61 Å². The second-order valence-corrected chi connectivity index (χ2v) is 5.08. The Morgan fingerprint density at radius 2 is 1.82 bits per heavy atom. The summed E-state index contributed by atoms with van der Waals surface area (Å²) in [4.78, 5) is 0. The Labute approximate surface area is 99.8 Å².